The highest BCUT2D eigenvalue weighted by molar-refractivity contribution is 5.65. The van der Waals surface area contributed by atoms with Crippen LogP contribution in [-0.2, 0) is 4.74 Å². The quantitative estimate of drug-likeness (QED) is 0.829. The first kappa shape index (κ1) is 12.2. The lowest BCUT2D eigenvalue weighted by Crippen LogP contribution is -2.53. The first-order valence-corrected chi connectivity index (χ1v) is 6.83. The third-order valence-electron chi connectivity index (χ3n) is 4.03. The highest BCUT2D eigenvalue weighted by Gasteiger charge is 2.35. The van der Waals surface area contributed by atoms with E-state index in [1.807, 2.05) is 0 Å². The smallest absolute Gasteiger partial charge is 0.152 e. The van der Waals surface area contributed by atoms with E-state index in [1.165, 1.54) is 12.8 Å². The molecule has 0 amide bonds. The van der Waals surface area contributed by atoms with Gasteiger partial charge in [0.25, 0.3) is 0 Å². The van der Waals surface area contributed by atoms with Gasteiger partial charge < -0.3 is 15.4 Å². The van der Waals surface area contributed by atoms with E-state index in [0.29, 0.717) is 23.4 Å². The Morgan fingerprint density at radius 3 is 3.05 bits per heavy atom. The summed E-state index contributed by atoms with van der Waals surface area (Å²) in [6.45, 7) is 1.55. The predicted octanol–water partition coefficient (Wildman–Crippen LogP) is 1.68. The first-order valence-electron chi connectivity index (χ1n) is 6.83. The molecule has 2 unspecified atom stereocenters. The lowest BCUT2D eigenvalue weighted by molar-refractivity contribution is -0.00892. The summed E-state index contributed by atoms with van der Waals surface area (Å²) in [6, 6.07) is 4.15. The maximum absolute atomic E-state index is 8.87. The van der Waals surface area contributed by atoms with Crippen LogP contribution in [0, 0.1) is 11.3 Å². The number of nitrogen functional groups attached to an aromatic ring is 1. The van der Waals surface area contributed by atoms with Crippen LogP contribution < -0.4 is 10.6 Å². The van der Waals surface area contributed by atoms with Crippen LogP contribution in [0.4, 0.5) is 11.5 Å². The van der Waals surface area contributed by atoms with E-state index in [2.05, 4.69) is 16.0 Å². The van der Waals surface area contributed by atoms with Gasteiger partial charge in [0.1, 0.15) is 6.07 Å². The largest absolute Gasteiger partial charge is 0.396 e. The number of anilines is 2. The molecule has 2 aliphatic rings. The van der Waals surface area contributed by atoms with Crippen molar-refractivity contribution in [2.75, 3.05) is 23.8 Å². The number of morpholine rings is 1. The zero-order valence-electron chi connectivity index (χ0n) is 10.9. The van der Waals surface area contributed by atoms with Crippen molar-refractivity contribution in [3.8, 4) is 6.07 Å². The number of ether oxygens (including phenoxy) is 1. The van der Waals surface area contributed by atoms with E-state index in [4.69, 9.17) is 15.7 Å². The van der Waals surface area contributed by atoms with Crippen LogP contribution in [0.2, 0.25) is 0 Å². The Labute approximate surface area is 113 Å². The fourth-order valence-electron chi connectivity index (χ4n) is 3.14. The maximum atomic E-state index is 8.87. The molecule has 2 atom stereocenters. The molecule has 1 aromatic heterocycles. The molecular weight excluding hydrogens is 240 g/mol. The van der Waals surface area contributed by atoms with Gasteiger partial charge in [0.15, 0.2) is 5.82 Å². The monoisotopic (exact) mass is 258 g/mol. The van der Waals surface area contributed by atoms with E-state index in [-0.39, 0.29) is 0 Å². The van der Waals surface area contributed by atoms with Gasteiger partial charge in [-0.2, -0.15) is 5.26 Å². The molecule has 0 radical (unpaired) electrons. The molecular formula is C14H18N4O. The number of hydrogen-bond acceptors (Lipinski definition) is 5. The molecule has 1 aliphatic carbocycles. The summed E-state index contributed by atoms with van der Waals surface area (Å²) >= 11 is 0. The third-order valence-corrected chi connectivity index (χ3v) is 4.03. The molecule has 100 valence electrons. The zero-order valence-corrected chi connectivity index (χ0v) is 10.9. The van der Waals surface area contributed by atoms with Gasteiger partial charge in [-0.05, 0) is 18.9 Å². The molecule has 3 rings (SSSR count). The lowest BCUT2D eigenvalue weighted by Gasteiger charge is -2.44. The standard InChI is InChI=1S/C14H18N4O/c15-8-10-7-11(16)14(17-9-10)18-5-6-19-13-4-2-1-3-12(13)18/h7,9,12-13H,1-6,16H2. The van der Waals surface area contributed by atoms with Gasteiger partial charge in [-0.3, -0.25) is 0 Å². The van der Waals surface area contributed by atoms with Crippen molar-refractivity contribution >= 4 is 11.5 Å². The third kappa shape index (κ3) is 2.24. The van der Waals surface area contributed by atoms with Crippen molar-refractivity contribution in [3.05, 3.63) is 17.8 Å². The summed E-state index contributed by atoms with van der Waals surface area (Å²) in [5.74, 6) is 0.805. The second-order valence-corrected chi connectivity index (χ2v) is 5.20. The van der Waals surface area contributed by atoms with Crippen molar-refractivity contribution < 1.29 is 4.74 Å². The average molecular weight is 258 g/mol. The van der Waals surface area contributed by atoms with E-state index in [9.17, 15) is 0 Å². The molecule has 5 heteroatoms. The Hall–Kier alpha value is -1.80. The molecule has 1 saturated carbocycles. The van der Waals surface area contributed by atoms with Crippen molar-refractivity contribution in [1.82, 2.24) is 4.98 Å². The molecule has 0 bridgehead atoms. The van der Waals surface area contributed by atoms with E-state index < -0.39 is 0 Å². The zero-order chi connectivity index (χ0) is 13.2. The summed E-state index contributed by atoms with van der Waals surface area (Å²) in [4.78, 5) is 6.65. The normalized spacial score (nSPS) is 26.6. The van der Waals surface area contributed by atoms with Gasteiger partial charge in [-0.25, -0.2) is 4.98 Å². The van der Waals surface area contributed by atoms with Crippen molar-refractivity contribution in [1.29, 1.82) is 5.26 Å². The minimum atomic E-state index is 0.305. The summed E-state index contributed by atoms with van der Waals surface area (Å²) in [5, 5.41) is 8.87. The number of pyridine rings is 1. The Kier molecular flexibility index (Phi) is 3.26. The van der Waals surface area contributed by atoms with Crippen LogP contribution in [0.5, 0.6) is 0 Å². The molecule has 2 fully saturated rings. The molecule has 2 heterocycles. The van der Waals surface area contributed by atoms with Crippen molar-refractivity contribution in [2.24, 2.45) is 0 Å². The van der Waals surface area contributed by atoms with Crippen molar-refractivity contribution in [3.63, 3.8) is 0 Å². The minimum Gasteiger partial charge on any atom is -0.396 e. The molecule has 1 aromatic rings. The van der Waals surface area contributed by atoms with Crippen LogP contribution in [0.25, 0.3) is 0 Å². The molecule has 5 nitrogen and oxygen atoms in total. The van der Waals surface area contributed by atoms with Gasteiger partial charge in [0.2, 0.25) is 0 Å². The number of nitrogens with zero attached hydrogens (tertiary/aromatic N) is 3. The Balaban J connectivity index is 1.90. The molecule has 0 aromatic carbocycles. The number of hydrogen-bond donors (Lipinski definition) is 1. The van der Waals surface area contributed by atoms with Crippen LogP contribution in [0.15, 0.2) is 12.3 Å². The van der Waals surface area contributed by atoms with Crippen LogP contribution in [-0.4, -0.2) is 30.3 Å². The number of nitrogens with two attached hydrogens (primary N) is 1. The Bertz CT molecular complexity index is 509. The van der Waals surface area contributed by atoms with Crippen LogP contribution in [0.1, 0.15) is 31.2 Å². The Morgan fingerprint density at radius 2 is 2.26 bits per heavy atom. The van der Waals surface area contributed by atoms with Gasteiger partial charge in [-0.1, -0.05) is 12.8 Å². The van der Waals surface area contributed by atoms with E-state index >= 15 is 0 Å². The molecule has 0 spiro atoms. The van der Waals surface area contributed by atoms with Gasteiger partial charge in [-0.15, -0.1) is 0 Å². The van der Waals surface area contributed by atoms with E-state index in [1.54, 1.807) is 12.3 Å². The topological polar surface area (TPSA) is 75.2 Å². The van der Waals surface area contributed by atoms with Gasteiger partial charge in [0.05, 0.1) is 30.0 Å². The minimum absolute atomic E-state index is 0.305. The number of rotatable bonds is 1. The number of fused-ring (bicyclic) bond motifs is 1. The fraction of sp³-hybridized carbons (Fsp3) is 0.571. The predicted molar refractivity (Wildman–Crippen MR) is 72.7 cm³/mol. The summed E-state index contributed by atoms with van der Waals surface area (Å²) < 4.78 is 5.86. The molecule has 1 aliphatic heterocycles. The van der Waals surface area contributed by atoms with Crippen LogP contribution >= 0.6 is 0 Å². The molecule has 1 saturated heterocycles. The van der Waals surface area contributed by atoms with Gasteiger partial charge >= 0.3 is 0 Å². The van der Waals surface area contributed by atoms with Crippen molar-refractivity contribution in [2.45, 2.75) is 37.8 Å². The second kappa shape index (κ2) is 5.06. The maximum Gasteiger partial charge on any atom is 0.152 e. The number of nitriles is 1. The van der Waals surface area contributed by atoms with Crippen LogP contribution in [0.3, 0.4) is 0 Å². The average Bonchev–Trinajstić information content (AvgIpc) is 2.46. The first-order chi connectivity index (χ1) is 9.29. The highest BCUT2D eigenvalue weighted by Crippen LogP contribution is 2.33. The highest BCUT2D eigenvalue weighted by atomic mass is 16.5. The molecule has 2 N–H and O–H groups in total. The summed E-state index contributed by atoms with van der Waals surface area (Å²) in [6.07, 6.45) is 6.63. The number of aromatic nitrogens is 1. The fourth-order valence-corrected chi connectivity index (χ4v) is 3.14. The lowest BCUT2D eigenvalue weighted by atomic mass is 9.90. The summed E-state index contributed by atoms with van der Waals surface area (Å²) in [5.41, 5.74) is 7.15. The molecule has 19 heavy (non-hydrogen) atoms. The van der Waals surface area contributed by atoms with E-state index in [0.717, 1.165) is 31.8 Å². The summed E-state index contributed by atoms with van der Waals surface area (Å²) in [7, 11) is 0. The Morgan fingerprint density at radius 1 is 1.42 bits per heavy atom. The second-order valence-electron chi connectivity index (χ2n) is 5.20. The SMILES string of the molecule is N#Cc1cnc(N2CCOC3CCCCC32)c(N)c1. The van der Waals surface area contributed by atoms with Gasteiger partial charge in [0, 0.05) is 12.7 Å².